The summed E-state index contributed by atoms with van der Waals surface area (Å²) in [6.07, 6.45) is 0. The number of rotatable bonds is 2. The number of benzene rings is 2. The van der Waals surface area contributed by atoms with Gasteiger partial charge >= 0.3 is 0 Å². The molecule has 22 heavy (non-hydrogen) atoms. The van der Waals surface area contributed by atoms with E-state index in [4.69, 9.17) is 16.3 Å². The lowest BCUT2D eigenvalue weighted by Crippen LogP contribution is -2.06. The summed E-state index contributed by atoms with van der Waals surface area (Å²) < 4.78 is 6.65. The summed E-state index contributed by atoms with van der Waals surface area (Å²) in [5, 5.41) is 11.5. The zero-order valence-electron chi connectivity index (χ0n) is 12.1. The van der Waals surface area contributed by atoms with Crippen LogP contribution in [0.5, 0.6) is 11.5 Å². The Morgan fingerprint density at radius 2 is 1.91 bits per heavy atom. The number of halogens is 1. The summed E-state index contributed by atoms with van der Waals surface area (Å²) in [6.45, 7) is 1.45. The first-order valence-electron chi connectivity index (χ1n) is 6.72. The summed E-state index contributed by atoms with van der Waals surface area (Å²) in [7, 11) is 1.50. The maximum absolute atomic E-state index is 12.1. The molecule has 0 amide bonds. The van der Waals surface area contributed by atoms with Crippen LogP contribution in [0.15, 0.2) is 42.5 Å². The highest BCUT2D eigenvalue weighted by molar-refractivity contribution is 6.33. The fraction of sp³-hybridized carbons (Fsp3) is 0.118. The third kappa shape index (κ3) is 2.12. The maximum Gasteiger partial charge on any atom is 0.228 e. The zero-order chi connectivity index (χ0) is 15.9. The van der Waals surface area contributed by atoms with E-state index in [1.807, 2.05) is 30.3 Å². The van der Waals surface area contributed by atoms with E-state index in [9.17, 15) is 9.90 Å². The van der Waals surface area contributed by atoms with Gasteiger partial charge in [0.2, 0.25) is 5.91 Å². The highest BCUT2D eigenvalue weighted by Crippen LogP contribution is 2.42. The number of ether oxygens (including phenoxy) is 1. The van der Waals surface area contributed by atoms with Crippen LogP contribution < -0.4 is 4.74 Å². The molecule has 0 atom stereocenters. The average molecular weight is 316 g/mol. The normalized spacial score (nSPS) is 10.9. The molecule has 0 aliphatic carbocycles. The van der Waals surface area contributed by atoms with E-state index in [0.717, 1.165) is 5.56 Å². The van der Waals surface area contributed by atoms with Gasteiger partial charge in [-0.05, 0) is 12.1 Å². The van der Waals surface area contributed by atoms with E-state index < -0.39 is 0 Å². The fourth-order valence-corrected chi connectivity index (χ4v) is 2.85. The molecule has 0 saturated carbocycles. The van der Waals surface area contributed by atoms with Crippen molar-refractivity contribution >= 4 is 28.4 Å². The minimum absolute atomic E-state index is 0.0337. The van der Waals surface area contributed by atoms with Gasteiger partial charge in [0.25, 0.3) is 0 Å². The summed E-state index contributed by atoms with van der Waals surface area (Å²) in [6, 6.07) is 12.5. The van der Waals surface area contributed by atoms with E-state index in [2.05, 4.69) is 0 Å². The predicted molar refractivity (Wildman–Crippen MR) is 86.9 cm³/mol. The standard InChI is InChI=1S/C17H14ClNO3/c1-10(20)19-14-9-13(18)15(22-2)8-12(14)17(21)16(19)11-6-4-3-5-7-11/h3-9,21H,1-2H3. The summed E-state index contributed by atoms with van der Waals surface area (Å²) in [4.78, 5) is 12.1. The monoisotopic (exact) mass is 315 g/mol. The van der Waals surface area contributed by atoms with E-state index in [1.165, 1.54) is 18.6 Å². The highest BCUT2D eigenvalue weighted by Gasteiger charge is 2.22. The van der Waals surface area contributed by atoms with Crippen LogP contribution in [0.25, 0.3) is 22.2 Å². The van der Waals surface area contributed by atoms with Crippen molar-refractivity contribution in [2.75, 3.05) is 7.11 Å². The Hall–Kier alpha value is -2.46. The van der Waals surface area contributed by atoms with E-state index in [-0.39, 0.29) is 11.7 Å². The summed E-state index contributed by atoms with van der Waals surface area (Å²) in [5.41, 5.74) is 1.75. The van der Waals surface area contributed by atoms with Crippen LogP contribution in [0.2, 0.25) is 5.02 Å². The Bertz CT molecular complexity index is 869. The van der Waals surface area contributed by atoms with Crippen molar-refractivity contribution in [1.82, 2.24) is 4.57 Å². The fourth-order valence-electron chi connectivity index (χ4n) is 2.62. The molecule has 0 spiro atoms. The van der Waals surface area contributed by atoms with Gasteiger partial charge in [-0.15, -0.1) is 0 Å². The van der Waals surface area contributed by atoms with Crippen molar-refractivity contribution in [3.8, 4) is 22.8 Å². The number of aromatic hydroxyl groups is 1. The molecule has 0 radical (unpaired) electrons. The SMILES string of the molecule is COc1cc2c(O)c(-c3ccccc3)n(C(C)=O)c2cc1Cl. The molecule has 0 saturated heterocycles. The van der Waals surface area contributed by atoms with Crippen LogP contribution in [0.3, 0.4) is 0 Å². The minimum atomic E-state index is -0.203. The largest absolute Gasteiger partial charge is 0.505 e. The molecular weight excluding hydrogens is 302 g/mol. The lowest BCUT2D eigenvalue weighted by atomic mass is 10.1. The Morgan fingerprint density at radius 3 is 2.50 bits per heavy atom. The predicted octanol–water partition coefficient (Wildman–Crippen LogP) is 4.34. The van der Waals surface area contributed by atoms with Crippen molar-refractivity contribution in [1.29, 1.82) is 0 Å². The summed E-state index contributed by atoms with van der Waals surface area (Å²) >= 11 is 6.16. The van der Waals surface area contributed by atoms with Crippen LogP contribution in [0, 0.1) is 0 Å². The van der Waals surface area contributed by atoms with Gasteiger partial charge in [-0.2, -0.15) is 0 Å². The van der Waals surface area contributed by atoms with Crippen LogP contribution in [0.4, 0.5) is 0 Å². The molecule has 0 unspecified atom stereocenters. The first-order chi connectivity index (χ1) is 10.5. The van der Waals surface area contributed by atoms with Crippen LogP contribution in [0.1, 0.15) is 11.7 Å². The van der Waals surface area contributed by atoms with Gasteiger partial charge in [-0.3, -0.25) is 9.36 Å². The van der Waals surface area contributed by atoms with Crippen LogP contribution >= 0.6 is 11.6 Å². The van der Waals surface area contributed by atoms with Crippen molar-refractivity contribution in [3.63, 3.8) is 0 Å². The van der Waals surface area contributed by atoms with Crippen LogP contribution in [-0.4, -0.2) is 22.7 Å². The first-order valence-corrected chi connectivity index (χ1v) is 7.09. The zero-order valence-corrected chi connectivity index (χ0v) is 12.9. The molecular formula is C17H14ClNO3. The smallest absolute Gasteiger partial charge is 0.228 e. The van der Waals surface area contributed by atoms with Gasteiger partial charge in [-0.1, -0.05) is 41.9 Å². The Labute approximate surface area is 132 Å². The molecule has 0 aliphatic rings. The number of methoxy groups -OCH3 is 1. The second-order valence-corrected chi connectivity index (χ2v) is 5.33. The lowest BCUT2D eigenvalue weighted by Gasteiger charge is -2.07. The molecule has 0 fully saturated rings. The lowest BCUT2D eigenvalue weighted by molar-refractivity contribution is 0.0943. The van der Waals surface area contributed by atoms with Crippen molar-refractivity contribution < 1.29 is 14.6 Å². The highest BCUT2D eigenvalue weighted by atomic mass is 35.5. The van der Waals surface area contributed by atoms with Crippen LogP contribution in [-0.2, 0) is 0 Å². The number of hydrogen-bond donors (Lipinski definition) is 1. The molecule has 4 nitrogen and oxygen atoms in total. The number of nitrogens with zero attached hydrogens (tertiary/aromatic N) is 1. The third-order valence-corrected chi connectivity index (χ3v) is 3.87. The Balaban J connectivity index is 2.44. The molecule has 1 N–H and O–H groups in total. The summed E-state index contributed by atoms with van der Waals surface area (Å²) in [5.74, 6) is 0.279. The molecule has 0 bridgehead atoms. The van der Waals surface area contributed by atoms with Crippen molar-refractivity contribution in [2.24, 2.45) is 0 Å². The molecule has 1 heterocycles. The van der Waals surface area contributed by atoms with E-state index in [1.54, 1.807) is 12.1 Å². The Kier molecular flexibility index (Phi) is 3.54. The van der Waals surface area contributed by atoms with Gasteiger partial charge in [0.15, 0.2) is 0 Å². The number of carbonyl (C=O) groups is 1. The molecule has 5 heteroatoms. The molecule has 3 rings (SSSR count). The third-order valence-electron chi connectivity index (χ3n) is 3.58. The Morgan fingerprint density at radius 1 is 1.23 bits per heavy atom. The topological polar surface area (TPSA) is 51.5 Å². The second-order valence-electron chi connectivity index (χ2n) is 4.92. The first kappa shape index (κ1) is 14.5. The molecule has 1 aromatic heterocycles. The maximum atomic E-state index is 12.1. The second kappa shape index (κ2) is 5.39. The average Bonchev–Trinajstić information content (AvgIpc) is 2.79. The number of carbonyl (C=O) groups excluding carboxylic acids is 1. The van der Waals surface area contributed by atoms with E-state index in [0.29, 0.717) is 27.4 Å². The minimum Gasteiger partial charge on any atom is -0.505 e. The molecule has 3 aromatic rings. The number of fused-ring (bicyclic) bond motifs is 1. The van der Waals surface area contributed by atoms with Gasteiger partial charge in [0.1, 0.15) is 11.5 Å². The number of aromatic nitrogens is 1. The van der Waals surface area contributed by atoms with E-state index >= 15 is 0 Å². The quantitative estimate of drug-likeness (QED) is 0.765. The van der Waals surface area contributed by atoms with Crippen molar-refractivity contribution in [2.45, 2.75) is 6.92 Å². The van der Waals surface area contributed by atoms with Crippen molar-refractivity contribution in [3.05, 3.63) is 47.5 Å². The van der Waals surface area contributed by atoms with Gasteiger partial charge in [-0.25, -0.2) is 0 Å². The molecule has 112 valence electrons. The molecule has 0 aliphatic heterocycles. The number of hydrogen-bond acceptors (Lipinski definition) is 3. The molecule has 2 aromatic carbocycles. The van der Waals surface area contributed by atoms with Gasteiger partial charge < -0.3 is 9.84 Å². The van der Waals surface area contributed by atoms with Gasteiger partial charge in [0, 0.05) is 17.9 Å². The van der Waals surface area contributed by atoms with Gasteiger partial charge in [0.05, 0.1) is 23.3 Å².